The Labute approximate surface area is 94.9 Å². The lowest BCUT2D eigenvalue weighted by Crippen LogP contribution is -2.26. The first-order chi connectivity index (χ1) is 7.20. The summed E-state index contributed by atoms with van der Waals surface area (Å²) >= 11 is 1.31. The molecular weight excluding hydrogens is 212 g/mol. The summed E-state index contributed by atoms with van der Waals surface area (Å²) in [6.45, 7) is 4.32. The van der Waals surface area contributed by atoms with Crippen LogP contribution in [-0.4, -0.2) is 29.2 Å². The number of rotatable bonds is 6. The Hall–Kier alpha value is -0.970. The van der Waals surface area contributed by atoms with Crippen LogP contribution in [0.1, 0.15) is 25.7 Å². The number of amides is 1. The molecule has 0 aliphatic heterocycles. The van der Waals surface area contributed by atoms with Gasteiger partial charge in [0, 0.05) is 6.54 Å². The monoisotopic (exact) mass is 230 g/mol. The van der Waals surface area contributed by atoms with Crippen LogP contribution < -0.4 is 5.32 Å². The second kappa shape index (κ2) is 9.58. The van der Waals surface area contributed by atoms with Crippen molar-refractivity contribution in [2.24, 2.45) is 4.99 Å². The summed E-state index contributed by atoms with van der Waals surface area (Å²) in [6, 6.07) is 0. The van der Waals surface area contributed by atoms with Crippen molar-refractivity contribution in [3.8, 4) is 0 Å². The van der Waals surface area contributed by atoms with E-state index in [2.05, 4.69) is 16.9 Å². The normalized spacial score (nSPS) is 11.1. The van der Waals surface area contributed by atoms with Crippen LogP contribution in [0.3, 0.4) is 0 Å². The number of carbonyl (C=O) groups is 1. The number of thioether (sulfide) groups is 1. The average Bonchev–Trinajstić information content (AvgIpc) is 2.20. The summed E-state index contributed by atoms with van der Waals surface area (Å²) in [7, 11) is 0. The van der Waals surface area contributed by atoms with Crippen molar-refractivity contribution in [1.82, 2.24) is 5.32 Å². The number of aliphatic imine (C=N–C) groups is 1. The van der Waals surface area contributed by atoms with Crippen LogP contribution >= 0.6 is 11.8 Å². The van der Waals surface area contributed by atoms with Crippen molar-refractivity contribution >= 4 is 23.0 Å². The summed E-state index contributed by atoms with van der Waals surface area (Å²) in [6.07, 6.45) is 6.89. The molecule has 0 heterocycles. The van der Waals surface area contributed by atoms with E-state index in [1.54, 1.807) is 6.26 Å². The molecule has 0 saturated carbocycles. The molecule has 2 N–H and O–H groups in total. The summed E-state index contributed by atoms with van der Waals surface area (Å²) in [5, 5.41) is 11.2. The van der Waals surface area contributed by atoms with Crippen molar-refractivity contribution in [2.75, 3.05) is 12.8 Å². The van der Waals surface area contributed by atoms with Crippen LogP contribution in [0.25, 0.3) is 0 Å². The van der Waals surface area contributed by atoms with Crippen LogP contribution in [0.15, 0.2) is 17.6 Å². The predicted molar refractivity (Wildman–Crippen MR) is 65.6 cm³/mol. The van der Waals surface area contributed by atoms with E-state index in [-0.39, 0.29) is 0 Å². The Bertz CT molecular complexity index is 229. The maximum atomic E-state index is 10.3. The van der Waals surface area contributed by atoms with Crippen molar-refractivity contribution in [2.45, 2.75) is 25.7 Å². The zero-order valence-electron chi connectivity index (χ0n) is 9.03. The minimum absolute atomic E-state index is 0.464. The molecule has 0 saturated heterocycles. The lowest BCUT2D eigenvalue weighted by atomic mass is 10.2. The highest BCUT2D eigenvalue weighted by Gasteiger charge is 2.00. The molecule has 0 aliphatic carbocycles. The van der Waals surface area contributed by atoms with E-state index in [9.17, 15) is 4.79 Å². The molecule has 5 heteroatoms. The van der Waals surface area contributed by atoms with E-state index < -0.39 is 6.09 Å². The van der Waals surface area contributed by atoms with E-state index in [1.165, 1.54) is 11.8 Å². The number of amidine groups is 1. The van der Waals surface area contributed by atoms with Crippen LogP contribution in [0.4, 0.5) is 4.79 Å². The molecule has 0 radical (unpaired) electrons. The van der Waals surface area contributed by atoms with E-state index in [1.807, 2.05) is 6.08 Å². The Kier molecular flexibility index (Phi) is 8.96. The maximum absolute atomic E-state index is 10.3. The third-order valence-corrected chi connectivity index (χ3v) is 2.35. The minimum Gasteiger partial charge on any atom is -0.465 e. The summed E-state index contributed by atoms with van der Waals surface area (Å²) in [4.78, 5) is 14.5. The fourth-order valence-electron chi connectivity index (χ4n) is 1.00. The zero-order valence-corrected chi connectivity index (χ0v) is 9.85. The summed E-state index contributed by atoms with van der Waals surface area (Å²) in [5.74, 6) is 0. The van der Waals surface area contributed by atoms with Crippen LogP contribution in [0.5, 0.6) is 0 Å². The van der Waals surface area contributed by atoms with Gasteiger partial charge in [-0.1, -0.05) is 24.3 Å². The second-order valence-electron chi connectivity index (χ2n) is 2.96. The van der Waals surface area contributed by atoms with Gasteiger partial charge in [0.2, 0.25) is 0 Å². The van der Waals surface area contributed by atoms with Crippen molar-refractivity contribution in [1.29, 1.82) is 0 Å². The van der Waals surface area contributed by atoms with E-state index in [0.29, 0.717) is 11.7 Å². The molecule has 15 heavy (non-hydrogen) atoms. The lowest BCUT2D eigenvalue weighted by Gasteiger charge is -2.02. The van der Waals surface area contributed by atoms with Gasteiger partial charge in [-0.15, -0.1) is 6.58 Å². The van der Waals surface area contributed by atoms with Crippen molar-refractivity contribution in [3.05, 3.63) is 12.7 Å². The Morgan fingerprint density at radius 3 is 2.80 bits per heavy atom. The van der Waals surface area contributed by atoms with Gasteiger partial charge in [-0.25, -0.2) is 4.79 Å². The Morgan fingerprint density at radius 1 is 1.53 bits per heavy atom. The zero-order chi connectivity index (χ0) is 11.5. The highest BCUT2D eigenvalue weighted by Crippen LogP contribution is 2.02. The molecule has 86 valence electrons. The van der Waals surface area contributed by atoms with Gasteiger partial charge in [0.05, 0.1) is 0 Å². The highest BCUT2D eigenvalue weighted by molar-refractivity contribution is 8.13. The quantitative estimate of drug-likeness (QED) is 0.319. The topological polar surface area (TPSA) is 61.7 Å². The van der Waals surface area contributed by atoms with Gasteiger partial charge in [0.15, 0.2) is 5.17 Å². The van der Waals surface area contributed by atoms with Gasteiger partial charge in [-0.3, -0.25) is 10.3 Å². The number of nitrogens with one attached hydrogen (secondary N) is 1. The summed E-state index contributed by atoms with van der Waals surface area (Å²) in [5.41, 5.74) is 0. The Morgan fingerprint density at radius 2 is 2.27 bits per heavy atom. The van der Waals surface area contributed by atoms with Crippen LogP contribution in [-0.2, 0) is 0 Å². The molecule has 4 nitrogen and oxygen atoms in total. The predicted octanol–water partition coefficient (Wildman–Crippen LogP) is 2.72. The van der Waals surface area contributed by atoms with Gasteiger partial charge in [0.1, 0.15) is 0 Å². The van der Waals surface area contributed by atoms with Gasteiger partial charge in [0.25, 0.3) is 0 Å². The summed E-state index contributed by atoms with van der Waals surface area (Å²) < 4.78 is 0. The molecule has 0 aromatic heterocycles. The van der Waals surface area contributed by atoms with E-state index in [4.69, 9.17) is 5.11 Å². The minimum atomic E-state index is -1.06. The number of carboxylic acid groups (broad SMARTS) is 1. The molecular formula is C10H18N2O2S. The molecule has 0 bridgehead atoms. The number of allylic oxidation sites excluding steroid dienone is 1. The Balaban J connectivity index is 3.62. The molecule has 0 aliphatic rings. The lowest BCUT2D eigenvalue weighted by molar-refractivity contribution is 0.200. The smallest absolute Gasteiger partial charge is 0.410 e. The third kappa shape index (κ3) is 9.34. The average molecular weight is 230 g/mol. The molecule has 0 fully saturated rings. The third-order valence-electron chi connectivity index (χ3n) is 1.73. The van der Waals surface area contributed by atoms with Gasteiger partial charge in [-0.05, 0) is 25.5 Å². The molecule has 0 spiro atoms. The standard InChI is InChI=1S/C10H18N2O2S/c1-3-4-5-6-7-8-11-9(15-2)12-10(13)14/h3H,1,4-8H2,2H3,(H,11,12)(H,13,14). The van der Waals surface area contributed by atoms with Gasteiger partial charge >= 0.3 is 6.09 Å². The molecule has 1 amide bonds. The number of hydrogen-bond acceptors (Lipinski definition) is 3. The fourth-order valence-corrected chi connectivity index (χ4v) is 1.41. The molecule has 0 rings (SSSR count). The molecule has 0 aromatic rings. The first-order valence-corrected chi connectivity index (χ1v) is 6.12. The van der Waals surface area contributed by atoms with E-state index >= 15 is 0 Å². The SMILES string of the molecule is C=CCCCCCN=C(NC(=O)O)SC. The molecule has 0 atom stereocenters. The number of hydrogen-bond donors (Lipinski definition) is 2. The van der Waals surface area contributed by atoms with Gasteiger partial charge < -0.3 is 5.11 Å². The van der Waals surface area contributed by atoms with E-state index in [0.717, 1.165) is 25.7 Å². The largest absolute Gasteiger partial charge is 0.465 e. The van der Waals surface area contributed by atoms with Crippen molar-refractivity contribution in [3.63, 3.8) is 0 Å². The second-order valence-corrected chi connectivity index (χ2v) is 3.75. The van der Waals surface area contributed by atoms with Gasteiger partial charge in [-0.2, -0.15) is 0 Å². The molecule has 0 unspecified atom stereocenters. The first kappa shape index (κ1) is 14.0. The maximum Gasteiger partial charge on any atom is 0.410 e. The first-order valence-electron chi connectivity index (χ1n) is 4.90. The number of unbranched alkanes of at least 4 members (excludes halogenated alkanes) is 3. The fraction of sp³-hybridized carbons (Fsp3) is 0.600. The van der Waals surface area contributed by atoms with Crippen LogP contribution in [0.2, 0.25) is 0 Å². The van der Waals surface area contributed by atoms with Crippen LogP contribution in [0, 0.1) is 0 Å². The van der Waals surface area contributed by atoms with Crippen molar-refractivity contribution < 1.29 is 9.90 Å². The molecule has 0 aromatic carbocycles. The highest BCUT2D eigenvalue weighted by atomic mass is 32.2. The number of nitrogens with zero attached hydrogens (tertiary/aromatic N) is 1.